The van der Waals surface area contributed by atoms with Gasteiger partial charge in [-0.05, 0) is 55.6 Å². The molecule has 106 valence electrons. The highest BCUT2D eigenvalue weighted by atomic mass is 35.5. The second-order valence-electron chi connectivity index (χ2n) is 5.33. The normalized spacial score (nSPS) is 12.4. The predicted octanol–water partition coefficient (Wildman–Crippen LogP) is 5.29. The lowest BCUT2D eigenvalue weighted by molar-refractivity contribution is 0.598. The van der Waals surface area contributed by atoms with Crippen LogP contribution in [0.5, 0.6) is 0 Å². The minimum Gasteiger partial charge on any atom is -0.310 e. The van der Waals surface area contributed by atoms with Crippen LogP contribution in [0.1, 0.15) is 36.6 Å². The van der Waals surface area contributed by atoms with Crippen molar-refractivity contribution < 1.29 is 0 Å². The summed E-state index contributed by atoms with van der Waals surface area (Å²) in [6.07, 6.45) is 0. The molecule has 0 amide bonds. The van der Waals surface area contributed by atoms with Gasteiger partial charge in [-0.3, -0.25) is 0 Å². The average molecular weight is 288 g/mol. The van der Waals surface area contributed by atoms with Gasteiger partial charge in [0, 0.05) is 11.1 Å². The molecule has 20 heavy (non-hydrogen) atoms. The van der Waals surface area contributed by atoms with Gasteiger partial charge in [-0.1, -0.05) is 54.4 Å². The molecule has 0 bridgehead atoms. The van der Waals surface area contributed by atoms with Gasteiger partial charge in [-0.2, -0.15) is 0 Å². The fraction of sp³-hybridized carbons (Fsp3) is 0.333. The average Bonchev–Trinajstić information content (AvgIpc) is 2.38. The Labute approximate surface area is 127 Å². The van der Waals surface area contributed by atoms with Crippen molar-refractivity contribution in [2.45, 2.75) is 33.7 Å². The van der Waals surface area contributed by atoms with Crippen molar-refractivity contribution in [2.75, 3.05) is 6.54 Å². The summed E-state index contributed by atoms with van der Waals surface area (Å²) in [4.78, 5) is 0. The van der Waals surface area contributed by atoms with E-state index < -0.39 is 0 Å². The molecule has 0 aliphatic rings. The van der Waals surface area contributed by atoms with Gasteiger partial charge in [0.05, 0.1) is 0 Å². The molecule has 0 aromatic heterocycles. The monoisotopic (exact) mass is 287 g/mol. The molecule has 2 aromatic carbocycles. The van der Waals surface area contributed by atoms with Crippen LogP contribution in [0, 0.1) is 13.8 Å². The van der Waals surface area contributed by atoms with E-state index in [-0.39, 0.29) is 6.04 Å². The van der Waals surface area contributed by atoms with Gasteiger partial charge < -0.3 is 5.32 Å². The SMILES string of the molecule is CCNC(C)c1ccc(-c2ccc(C)cc2C)cc1Cl. The summed E-state index contributed by atoms with van der Waals surface area (Å²) in [5.74, 6) is 0. The Morgan fingerprint density at radius 2 is 1.85 bits per heavy atom. The zero-order valence-electron chi connectivity index (χ0n) is 12.6. The number of nitrogens with one attached hydrogen (secondary N) is 1. The van der Waals surface area contributed by atoms with Crippen LogP contribution in [0.25, 0.3) is 11.1 Å². The molecule has 1 unspecified atom stereocenters. The summed E-state index contributed by atoms with van der Waals surface area (Å²) >= 11 is 6.45. The molecule has 0 spiro atoms. The van der Waals surface area contributed by atoms with Crippen molar-refractivity contribution in [1.82, 2.24) is 5.32 Å². The Morgan fingerprint density at radius 1 is 1.10 bits per heavy atom. The first-order valence-corrected chi connectivity index (χ1v) is 7.51. The van der Waals surface area contributed by atoms with Crippen molar-refractivity contribution in [3.05, 3.63) is 58.1 Å². The van der Waals surface area contributed by atoms with Gasteiger partial charge >= 0.3 is 0 Å². The Hall–Kier alpha value is -1.31. The maximum atomic E-state index is 6.45. The van der Waals surface area contributed by atoms with Crippen molar-refractivity contribution in [3.63, 3.8) is 0 Å². The van der Waals surface area contributed by atoms with E-state index >= 15 is 0 Å². The molecule has 2 rings (SSSR count). The molecule has 0 heterocycles. The molecule has 0 aliphatic carbocycles. The highest BCUT2D eigenvalue weighted by molar-refractivity contribution is 6.31. The Bertz CT molecular complexity index is 604. The minimum atomic E-state index is 0.278. The van der Waals surface area contributed by atoms with Crippen LogP contribution in [-0.4, -0.2) is 6.54 Å². The van der Waals surface area contributed by atoms with Gasteiger partial charge in [-0.25, -0.2) is 0 Å². The van der Waals surface area contributed by atoms with E-state index in [0.29, 0.717) is 0 Å². The number of rotatable bonds is 4. The summed E-state index contributed by atoms with van der Waals surface area (Å²) in [7, 11) is 0. The van der Waals surface area contributed by atoms with E-state index in [1.807, 2.05) is 0 Å². The molecular formula is C18H22ClN. The van der Waals surface area contributed by atoms with E-state index in [0.717, 1.165) is 17.1 Å². The largest absolute Gasteiger partial charge is 0.310 e. The highest BCUT2D eigenvalue weighted by Gasteiger charge is 2.10. The third-order valence-corrected chi connectivity index (χ3v) is 4.00. The van der Waals surface area contributed by atoms with Crippen molar-refractivity contribution in [1.29, 1.82) is 0 Å². The molecule has 2 heteroatoms. The lowest BCUT2D eigenvalue weighted by Crippen LogP contribution is -2.17. The second-order valence-corrected chi connectivity index (χ2v) is 5.74. The van der Waals surface area contributed by atoms with E-state index in [9.17, 15) is 0 Å². The maximum absolute atomic E-state index is 6.45. The molecule has 0 fully saturated rings. The Balaban J connectivity index is 2.38. The molecule has 0 radical (unpaired) electrons. The molecule has 1 nitrogen and oxygen atoms in total. The first-order valence-electron chi connectivity index (χ1n) is 7.13. The standard InChI is InChI=1S/C18H22ClN/c1-5-20-14(4)17-9-7-15(11-18(17)19)16-8-6-12(2)10-13(16)3/h6-11,14,20H,5H2,1-4H3. The number of halogens is 1. The number of hydrogen-bond acceptors (Lipinski definition) is 1. The highest BCUT2D eigenvalue weighted by Crippen LogP contribution is 2.30. The summed E-state index contributed by atoms with van der Waals surface area (Å²) in [5, 5.41) is 4.23. The molecule has 0 aliphatic heterocycles. The van der Waals surface area contributed by atoms with Crippen LogP contribution in [-0.2, 0) is 0 Å². The van der Waals surface area contributed by atoms with Gasteiger partial charge in [0.2, 0.25) is 0 Å². The van der Waals surface area contributed by atoms with Crippen LogP contribution in [0.3, 0.4) is 0 Å². The summed E-state index contributed by atoms with van der Waals surface area (Å²) < 4.78 is 0. The lowest BCUT2D eigenvalue weighted by atomic mass is 9.97. The van der Waals surface area contributed by atoms with Crippen LogP contribution in [0.2, 0.25) is 5.02 Å². The van der Waals surface area contributed by atoms with Crippen molar-refractivity contribution in [2.24, 2.45) is 0 Å². The fourth-order valence-corrected chi connectivity index (χ4v) is 2.94. The van der Waals surface area contributed by atoms with Gasteiger partial charge in [0.15, 0.2) is 0 Å². The maximum Gasteiger partial charge on any atom is 0.0459 e. The predicted molar refractivity (Wildman–Crippen MR) is 88.5 cm³/mol. The van der Waals surface area contributed by atoms with Gasteiger partial charge in [0.25, 0.3) is 0 Å². The lowest BCUT2D eigenvalue weighted by Gasteiger charge is -2.16. The first kappa shape index (κ1) is 15.1. The van der Waals surface area contributed by atoms with Gasteiger partial charge in [-0.15, -0.1) is 0 Å². The number of aryl methyl sites for hydroxylation is 2. The molecule has 0 saturated carbocycles. The Morgan fingerprint density at radius 3 is 2.45 bits per heavy atom. The van der Waals surface area contributed by atoms with Crippen LogP contribution < -0.4 is 5.32 Å². The minimum absolute atomic E-state index is 0.278. The van der Waals surface area contributed by atoms with E-state index in [1.54, 1.807) is 0 Å². The zero-order chi connectivity index (χ0) is 14.7. The fourth-order valence-electron chi connectivity index (χ4n) is 2.60. The third-order valence-electron chi connectivity index (χ3n) is 3.67. The molecule has 1 N–H and O–H groups in total. The quantitative estimate of drug-likeness (QED) is 0.805. The summed E-state index contributed by atoms with van der Waals surface area (Å²) in [6.45, 7) is 9.45. The molecule has 2 aromatic rings. The van der Waals surface area contributed by atoms with Crippen molar-refractivity contribution >= 4 is 11.6 Å². The smallest absolute Gasteiger partial charge is 0.0459 e. The van der Waals surface area contributed by atoms with Gasteiger partial charge in [0.1, 0.15) is 0 Å². The Kier molecular flexibility index (Phi) is 4.85. The third kappa shape index (κ3) is 3.23. The van der Waals surface area contributed by atoms with E-state index in [2.05, 4.69) is 69.4 Å². The summed E-state index contributed by atoms with van der Waals surface area (Å²) in [5.41, 5.74) is 6.16. The first-order chi connectivity index (χ1) is 9.52. The van der Waals surface area contributed by atoms with Crippen molar-refractivity contribution in [3.8, 4) is 11.1 Å². The zero-order valence-corrected chi connectivity index (χ0v) is 13.4. The second kappa shape index (κ2) is 6.43. The molecular weight excluding hydrogens is 266 g/mol. The number of hydrogen-bond donors (Lipinski definition) is 1. The van der Waals surface area contributed by atoms with Crippen LogP contribution in [0.4, 0.5) is 0 Å². The van der Waals surface area contributed by atoms with Crippen LogP contribution >= 0.6 is 11.6 Å². The topological polar surface area (TPSA) is 12.0 Å². The molecule has 1 atom stereocenters. The number of benzene rings is 2. The van der Waals surface area contributed by atoms with E-state index in [4.69, 9.17) is 11.6 Å². The molecule has 0 saturated heterocycles. The van der Waals surface area contributed by atoms with Crippen LogP contribution in [0.15, 0.2) is 36.4 Å². The summed E-state index contributed by atoms with van der Waals surface area (Å²) in [6, 6.07) is 13.2. The van der Waals surface area contributed by atoms with E-state index in [1.165, 1.54) is 22.3 Å².